The van der Waals surface area contributed by atoms with Crippen molar-refractivity contribution in [2.24, 2.45) is 0 Å². The van der Waals surface area contributed by atoms with E-state index in [1.165, 1.54) is 13.8 Å². The SMILES string of the molecule is CCCCCC1(C)C(=O)N(C(C)O)C(=O)N1C(C)O. The normalized spacial score (nSPS) is 27.1. The third-order valence-corrected chi connectivity index (χ3v) is 3.64. The average molecular weight is 272 g/mol. The number of carbonyl (C=O) groups is 2. The van der Waals surface area contributed by atoms with Crippen molar-refractivity contribution in [3.63, 3.8) is 0 Å². The molecule has 0 radical (unpaired) electrons. The number of nitrogens with zero attached hydrogens (tertiary/aromatic N) is 2. The number of urea groups is 1. The van der Waals surface area contributed by atoms with Crippen LogP contribution in [0.5, 0.6) is 0 Å². The van der Waals surface area contributed by atoms with Crippen LogP contribution in [-0.4, -0.2) is 49.9 Å². The number of hydrogen-bond acceptors (Lipinski definition) is 4. The van der Waals surface area contributed by atoms with Gasteiger partial charge in [0.1, 0.15) is 18.0 Å². The fourth-order valence-electron chi connectivity index (χ4n) is 2.62. The second-order valence-corrected chi connectivity index (χ2v) is 5.32. The van der Waals surface area contributed by atoms with Crippen LogP contribution < -0.4 is 0 Å². The quantitative estimate of drug-likeness (QED) is 0.563. The summed E-state index contributed by atoms with van der Waals surface area (Å²) in [5.74, 6) is -0.440. The van der Waals surface area contributed by atoms with Crippen molar-refractivity contribution in [3.05, 3.63) is 0 Å². The minimum absolute atomic E-state index is 0.440. The van der Waals surface area contributed by atoms with Crippen molar-refractivity contribution in [2.45, 2.75) is 71.4 Å². The van der Waals surface area contributed by atoms with Gasteiger partial charge in [-0.05, 0) is 27.2 Å². The maximum Gasteiger partial charge on any atom is 0.331 e. The number of aliphatic hydroxyl groups excluding tert-OH is 2. The Hall–Kier alpha value is -1.14. The molecule has 110 valence electrons. The van der Waals surface area contributed by atoms with Gasteiger partial charge in [-0.25, -0.2) is 9.69 Å². The van der Waals surface area contributed by atoms with E-state index in [1.54, 1.807) is 6.92 Å². The summed E-state index contributed by atoms with van der Waals surface area (Å²) in [5, 5.41) is 19.3. The summed E-state index contributed by atoms with van der Waals surface area (Å²) in [4.78, 5) is 26.5. The first-order chi connectivity index (χ1) is 8.77. The highest BCUT2D eigenvalue weighted by molar-refractivity contribution is 6.07. The molecule has 6 heteroatoms. The van der Waals surface area contributed by atoms with Crippen molar-refractivity contribution in [2.75, 3.05) is 0 Å². The monoisotopic (exact) mass is 272 g/mol. The van der Waals surface area contributed by atoms with Gasteiger partial charge in [-0.1, -0.05) is 26.2 Å². The molecule has 1 aliphatic heterocycles. The fourth-order valence-corrected chi connectivity index (χ4v) is 2.62. The lowest BCUT2D eigenvalue weighted by molar-refractivity contribution is -0.140. The van der Waals surface area contributed by atoms with Crippen molar-refractivity contribution in [1.29, 1.82) is 0 Å². The van der Waals surface area contributed by atoms with Crippen LogP contribution in [0, 0.1) is 0 Å². The Morgan fingerprint density at radius 3 is 2.16 bits per heavy atom. The fraction of sp³-hybridized carbons (Fsp3) is 0.846. The van der Waals surface area contributed by atoms with Gasteiger partial charge in [0.15, 0.2) is 0 Å². The smallest absolute Gasteiger partial charge is 0.331 e. The Kier molecular flexibility index (Phi) is 4.92. The molecule has 0 aromatic carbocycles. The van der Waals surface area contributed by atoms with Gasteiger partial charge < -0.3 is 10.2 Å². The van der Waals surface area contributed by atoms with E-state index in [0.29, 0.717) is 6.42 Å². The first-order valence-corrected chi connectivity index (χ1v) is 6.80. The summed E-state index contributed by atoms with van der Waals surface area (Å²) < 4.78 is 0. The van der Waals surface area contributed by atoms with Gasteiger partial charge in [0.25, 0.3) is 5.91 Å². The predicted molar refractivity (Wildman–Crippen MR) is 70.0 cm³/mol. The predicted octanol–water partition coefficient (Wildman–Crippen LogP) is 1.27. The first kappa shape index (κ1) is 15.9. The van der Waals surface area contributed by atoms with Crippen LogP contribution in [0.2, 0.25) is 0 Å². The summed E-state index contributed by atoms with van der Waals surface area (Å²) >= 11 is 0. The molecule has 0 spiro atoms. The van der Waals surface area contributed by atoms with E-state index in [-0.39, 0.29) is 0 Å². The average Bonchev–Trinajstić information content (AvgIpc) is 2.47. The van der Waals surface area contributed by atoms with Gasteiger partial charge >= 0.3 is 6.03 Å². The Labute approximate surface area is 114 Å². The number of hydrogen-bond donors (Lipinski definition) is 2. The number of unbranched alkanes of at least 4 members (excludes halogenated alkanes) is 2. The number of imide groups is 1. The van der Waals surface area contributed by atoms with E-state index in [2.05, 4.69) is 6.92 Å². The highest BCUT2D eigenvalue weighted by Crippen LogP contribution is 2.34. The van der Waals surface area contributed by atoms with Crippen LogP contribution >= 0.6 is 0 Å². The van der Waals surface area contributed by atoms with Crippen molar-refractivity contribution in [3.8, 4) is 0 Å². The number of amides is 3. The van der Waals surface area contributed by atoms with Crippen LogP contribution in [0.25, 0.3) is 0 Å². The standard InChI is InChI=1S/C13H24N2O4/c1-5-6-7-8-13(4)11(18)14(9(2)16)12(19)15(13)10(3)17/h9-10,16-17H,5-8H2,1-4H3. The first-order valence-electron chi connectivity index (χ1n) is 6.80. The molecule has 19 heavy (non-hydrogen) atoms. The molecule has 0 saturated carbocycles. The van der Waals surface area contributed by atoms with E-state index >= 15 is 0 Å². The molecule has 0 aromatic rings. The Bertz CT molecular complexity index is 357. The zero-order valence-corrected chi connectivity index (χ0v) is 12.1. The molecular formula is C13H24N2O4. The van der Waals surface area contributed by atoms with E-state index in [1.807, 2.05) is 0 Å². The molecule has 3 unspecified atom stereocenters. The molecule has 2 N–H and O–H groups in total. The molecule has 3 amide bonds. The second kappa shape index (κ2) is 5.88. The van der Waals surface area contributed by atoms with Crippen molar-refractivity contribution >= 4 is 11.9 Å². The lowest BCUT2D eigenvalue weighted by atomic mass is 9.92. The highest BCUT2D eigenvalue weighted by atomic mass is 16.3. The zero-order chi connectivity index (χ0) is 14.8. The van der Waals surface area contributed by atoms with Gasteiger partial charge in [-0.2, -0.15) is 0 Å². The molecule has 0 aliphatic carbocycles. The minimum atomic E-state index is -1.19. The maximum atomic E-state index is 12.4. The van der Waals surface area contributed by atoms with E-state index in [0.717, 1.165) is 29.1 Å². The molecule has 1 rings (SSSR count). The molecule has 6 nitrogen and oxygen atoms in total. The summed E-state index contributed by atoms with van der Waals surface area (Å²) in [5.41, 5.74) is -1.07. The van der Waals surface area contributed by atoms with Crippen LogP contribution in [0.15, 0.2) is 0 Å². The molecule has 0 bridgehead atoms. The topological polar surface area (TPSA) is 81.1 Å². The van der Waals surface area contributed by atoms with Crippen molar-refractivity contribution in [1.82, 2.24) is 9.80 Å². The van der Waals surface area contributed by atoms with Crippen LogP contribution in [0.1, 0.15) is 53.4 Å². The maximum absolute atomic E-state index is 12.4. The zero-order valence-electron chi connectivity index (χ0n) is 12.1. The second-order valence-electron chi connectivity index (χ2n) is 5.32. The number of carbonyl (C=O) groups excluding carboxylic acids is 2. The Morgan fingerprint density at radius 2 is 1.74 bits per heavy atom. The Balaban J connectivity index is 3.04. The number of aliphatic hydroxyl groups is 2. The van der Waals surface area contributed by atoms with E-state index < -0.39 is 29.9 Å². The van der Waals surface area contributed by atoms with Crippen LogP contribution in [0.4, 0.5) is 4.79 Å². The molecule has 1 heterocycles. The molecule has 1 saturated heterocycles. The molecule has 1 fully saturated rings. The minimum Gasteiger partial charge on any atom is -0.374 e. The molecule has 3 atom stereocenters. The third-order valence-electron chi connectivity index (χ3n) is 3.64. The van der Waals surface area contributed by atoms with Gasteiger partial charge in [0.05, 0.1) is 0 Å². The summed E-state index contributed by atoms with van der Waals surface area (Å²) in [6.07, 6.45) is 0.996. The highest BCUT2D eigenvalue weighted by Gasteiger charge is 2.56. The summed E-state index contributed by atoms with van der Waals surface area (Å²) in [7, 11) is 0. The lowest BCUT2D eigenvalue weighted by Crippen LogP contribution is -2.51. The largest absolute Gasteiger partial charge is 0.374 e. The van der Waals surface area contributed by atoms with Gasteiger partial charge in [0.2, 0.25) is 0 Å². The van der Waals surface area contributed by atoms with Crippen LogP contribution in [-0.2, 0) is 4.79 Å². The third kappa shape index (κ3) is 2.74. The molecule has 0 aromatic heterocycles. The molecule has 1 aliphatic rings. The summed E-state index contributed by atoms with van der Waals surface area (Å²) in [6, 6.07) is -0.631. The van der Waals surface area contributed by atoms with Gasteiger partial charge in [-0.15, -0.1) is 0 Å². The lowest BCUT2D eigenvalue weighted by Gasteiger charge is -2.33. The van der Waals surface area contributed by atoms with Gasteiger partial charge in [-0.3, -0.25) is 9.69 Å². The Morgan fingerprint density at radius 1 is 1.16 bits per heavy atom. The van der Waals surface area contributed by atoms with Crippen LogP contribution in [0.3, 0.4) is 0 Å². The number of rotatable bonds is 6. The molecular weight excluding hydrogens is 248 g/mol. The summed E-state index contributed by atoms with van der Waals surface area (Å²) in [6.45, 7) is 6.53. The van der Waals surface area contributed by atoms with E-state index in [9.17, 15) is 19.8 Å². The van der Waals surface area contributed by atoms with Crippen molar-refractivity contribution < 1.29 is 19.8 Å². The van der Waals surface area contributed by atoms with Gasteiger partial charge in [0, 0.05) is 0 Å². The van der Waals surface area contributed by atoms with E-state index in [4.69, 9.17) is 0 Å².